The van der Waals surface area contributed by atoms with Gasteiger partial charge in [0.1, 0.15) is 0 Å². The maximum absolute atomic E-state index is 6.28. The van der Waals surface area contributed by atoms with E-state index in [9.17, 15) is 0 Å². The molecule has 0 saturated heterocycles. The van der Waals surface area contributed by atoms with Crippen molar-refractivity contribution in [2.45, 2.75) is 65.1 Å². The van der Waals surface area contributed by atoms with E-state index in [0.29, 0.717) is 16.6 Å². The van der Waals surface area contributed by atoms with Crippen molar-refractivity contribution in [1.29, 1.82) is 0 Å². The Labute approximate surface area is 123 Å². The van der Waals surface area contributed by atoms with Gasteiger partial charge in [-0.2, -0.15) is 6.92 Å². The van der Waals surface area contributed by atoms with Crippen LogP contribution in [0.4, 0.5) is 0 Å². The van der Waals surface area contributed by atoms with Crippen LogP contribution in [0.1, 0.15) is 48.5 Å². The molecule has 0 bridgehead atoms. The molecule has 0 aliphatic heterocycles. The third-order valence-corrected chi connectivity index (χ3v) is 9.41. The molecule has 98 valence electrons. The Bertz CT molecular complexity index is 179. The molecular weight excluding hydrogens is 278 g/mol. The van der Waals surface area contributed by atoms with Crippen LogP contribution < -0.4 is 0 Å². The molecule has 0 aromatic heterocycles. The van der Waals surface area contributed by atoms with Gasteiger partial charge in [0.15, 0.2) is 0 Å². The van der Waals surface area contributed by atoms with Gasteiger partial charge in [0.25, 0.3) is 0 Å². The maximum atomic E-state index is 6.28. The van der Waals surface area contributed by atoms with Crippen molar-refractivity contribution in [3.05, 3.63) is 19.6 Å². The third-order valence-electron chi connectivity index (χ3n) is 3.33. The molecule has 0 fully saturated rings. The summed E-state index contributed by atoms with van der Waals surface area (Å²) in [6.07, 6.45) is 5.02. The molecule has 0 heterocycles. The van der Waals surface area contributed by atoms with E-state index in [-0.39, 0.29) is 26.9 Å². The van der Waals surface area contributed by atoms with Crippen molar-refractivity contribution in [1.82, 2.24) is 0 Å². The third kappa shape index (κ3) is 5.81. The zero-order valence-electron chi connectivity index (χ0n) is 13.1. The van der Waals surface area contributed by atoms with E-state index in [2.05, 4.69) is 47.6 Å². The van der Waals surface area contributed by atoms with Gasteiger partial charge in [-0.3, -0.25) is 0 Å². The summed E-state index contributed by atoms with van der Waals surface area (Å²) >= 11 is 0. The number of hydrogen-bond acceptors (Lipinski definition) is 1. The molecule has 0 aromatic rings. The minimum absolute atomic E-state index is 0. The fourth-order valence-electron chi connectivity index (χ4n) is 2.77. The van der Waals surface area contributed by atoms with Crippen molar-refractivity contribution in [2.75, 3.05) is 6.61 Å². The van der Waals surface area contributed by atoms with E-state index in [4.69, 9.17) is 4.43 Å². The Kier molecular flexibility index (Phi) is 14.0. The molecule has 0 spiro atoms. The van der Waals surface area contributed by atoms with Crippen molar-refractivity contribution >= 4 is 8.32 Å². The standard InChI is InChI=1S/C13H27OSi.CH3.Zn/c1-8-9-10-14-15(11(2)3,12(4)5)13(6)7;;/h9,11-13H,10H2,1-7H3;1H3;/q2*-1;+2. The molecule has 0 aliphatic rings. The van der Waals surface area contributed by atoms with E-state index in [1.54, 1.807) is 0 Å². The Morgan fingerprint density at radius 3 is 1.59 bits per heavy atom. The fourth-order valence-corrected chi connectivity index (χ4v) is 8.14. The van der Waals surface area contributed by atoms with Gasteiger partial charge in [-0.15, -0.1) is 0 Å². The SMILES string of the molecule is C[C-]=CCO[Si](C(C)C)(C(C)C)C(C)C.[CH3-].[Zn+2]. The molecule has 0 N–H and O–H groups in total. The molecule has 17 heavy (non-hydrogen) atoms. The van der Waals surface area contributed by atoms with Crippen LogP contribution in [0.25, 0.3) is 0 Å². The second kappa shape index (κ2) is 10.5. The van der Waals surface area contributed by atoms with E-state index in [1.807, 2.05) is 13.0 Å². The zero-order valence-corrected chi connectivity index (χ0v) is 17.1. The average Bonchev–Trinajstić information content (AvgIpc) is 2.10. The maximum Gasteiger partial charge on any atom is 2.00 e. The molecule has 3 heteroatoms. The Hall–Kier alpha value is 0.540. The van der Waals surface area contributed by atoms with Crippen molar-refractivity contribution < 1.29 is 23.9 Å². The van der Waals surface area contributed by atoms with Crippen LogP contribution in [-0.4, -0.2) is 14.9 Å². The van der Waals surface area contributed by atoms with Crippen LogP contribution in [-0.2, 0) is 23.9 Å². The number of rotatable bonds is 6. The van der Waals surface area contributed by atoms with Gasteiger partial charge in [-0.05, 0) is 16.6 Å². The Morgan fingerprint density at radius 2 is 1.35 bits per heavy atom. The minimum atomic E-state index is -1.64. The van der Waals surface area contributed by atoms with Crippen LogP contribution in [0.15, 0.2) is 6.08 Å². The molecule has 0 unspecified atom stereocenters. The summed E-state index contributed by atoms with van der Waals surface area (Å²) in [6.45, 7) is 16.5. The van der Waals surface area contributed by atoms with Crippen LogP contribution >= 0.6 is 0 Å². The predicted octanol–water partition coefficient (Wildman–Crippen LogP) is 5.01. The monoisotopic (exact) mass is 306 g/mol. The van der Waals surface area contributed by atoms with Gasteiger partial charge in [-0.1, -0.05) is 41.5 Å². The molecule has 1 nitrogen and oxygen atoms in total. The molecule has 0 saturated carbocycles. The molecule has 0 atom stereocenters. The van der Waals surface area contributed by atoms with Gasteiger partial charge in [0.2, 0.25) is 8.32 Å². The van der Waals surface area contributed by atoms with Crippen molar-refractivity contribution in [3.63, 3.8) is 0 Å². The van der Waals surface area contributed by atoms with Gasteiger partial charge in [-0.25, -0.2) is 6.08 Å². The first kappa shape index (κ1) is 22.7. The summed E-state index contributed by atoms with van der Waals surface area (Å²) < 4.78 is 6.28. The predicted molar refractivity (Wildman–Crippen MR) is 76.9 cm³/mol. The number of hydrogen-bond donors (Lipinski definition) is 0. The van der Waals surface area contributed by atoms with Gasteiger partial charge < -0.3 is 17.9 Å². The summed E-state index contributed by atoms with van der Waals surface area (Å²) in [7, 11) is -1.64. The van der Waals surface area contributed by atoms with E-state index >= 15 is 0 Å². The Morgan fingerprint density at radius 1 is 1.00 bits per heavy atom. The summed E-state index contributed by atoms with van der Waals surface area (Å²) in [5.74, 6) is 0. The topological polar surface area (TPSA) is 9.23 Å². The summed E-state index contributed by atoms with van der Waals surface area (Å²) in [5.41, 5.74) is 2.01. The van der Waals surface area contributed by atoms with Crippen molar-refractivity contribution in [3.8, 4) is 0 Å². The zero-order chi connectivity index (χ0) is 12.1. The molecule has 0 amide bonds. The van der Waals surface area contributed by atoms with Gasteiger partial charge in [0.05, 0.1) is 0 Å². The van der Waals surface area contributed by atoms with E-state index in [1.165, 1.54) is 0 Å². The largest absolute Gasteiger partial charge is 2.00 e. The molecule has 0 radical (unpaired) electrons. The average molecular weight is 308 g/mol. The van der Waals surface area contributed by atoms with E-state index < -0.39 is 8.32 Å². The second-order valence-corrected chi connectivity index (χ2v) is 10.6. The number of allylic oxidation sites excluding steroid dienone is 1. The minimum Gasteiger partial charge on any atom is -0.502 e. The smallest absolute Gasteiger partial charge is 0.502 e. The summed E-state index contributed by atoms with van der Waals surface area (Å²) in [4.78, 5) is 0. The van der Waals surface area contributed by atoms with Gasteiger partial charge >= 0.3 is 19.5 Å². The summed E-state index contributed by atoms with van der Waals surface area (Å²) in [6, 6.07) is 0. The van der Waals surface area contributed by atoms with Crippen LogP contribution in [0.3, 0.4) is 0 Å². The van der Waals surface area contributed by atoms with Crippen LogP contribution in [0, 0.1) is 13.5 Å². The van der Waals surface area contributed by atoms with E-state index in [0.717, 1.165) is 6.61 Å². The van der Waals surface area contributed by atoms with Crippen molar-refractivity contribution in [2.24, 2.45) is 0 Å². The van der Waals surface area contributed by atoms with Crippen LogP contribution in [0.5, 0.6) is 0 Å². The quantitative estimate of drug-likeness (QED) is 0.495. The van der Waals surface area contributed by atoms with Gasteiger partial charge in [0, 0.05) is 6.61 Å². The second-order valence-electron chi connectivity index (χ2n) is 5.12. The summed E-state index contributed by atoms with van der Waals surface area (Å²) in [5, 5.41) is 0. The molecule has 0 aliphatic carbocycles. The first-order valence-electron chi connectivity index (χ1n) is 6.02. The van der Waals surface area contributed by atoms with Crippen LogP contribution in [0.2, 0.25) is 16.6 Å². The fraction of sp³-hybridized carbons (Fsp3) is 0.786. The normalized spacial score (nSPS) is 12.1. The first-order valence-corrected chi connectivity index (χ1v) is 8.16. The molecule has 0 rings (SSSR count). The first-order chi connectivity index (χ1) is 6.89. The Balaban J connectivity index is -0.000000980. The molecular formula is C14H30OSiZn. The molecule has 0 aromatic carbocycles.